The van der Waals surface area contributed by atoms with Crippen LogP contribution in [0.5, 0.6) is 11.5 Å². The number of benzene rings is 1. The molecule has 21 heavy (non-hydrogen) atoms. The summed E-state index contributed by atoms with van der Waals surface area (Å²) < 4.78 is 46.7. The molecule has 0 aliphatic heterocycles. The first kappa shape index (κ1) is 17.6. The molecule has 2 atom stereocenters. The summed E-state index contributed by atoms with van der Waals surface area (Å²) in [4.78, 5) is 0. The standard InChI is InChI=1S/C14H20F3NO3/c1-10(7-14(15,16)17)18-8-11(19)9-21-13-5-3-12(20-2)4-6-13/h3-6,10-11,18-19H,7-9H2,1-2H3. The number of halogens is 3. The van der Waals surface area contributed by atoms with E-state index in [-0.39, 0.29) is 13.2 Å². The molecule has 0 spiro atoms. The van der Waals surface area contributed by atoms with Crippen molar-refractivity contribution in [3.8, 4) is 11.5 Å². The van der Waals surface area contributed by atoms with Crippen LogP contribution >= 0.6 is 0 Å². The molecule has 0 aliphatic carbocycles. The largest absolute Gasteiger partial charge is 0.497 e. The van der Waals surface area contributed by atoms with Gasteiger partial charge in [-0.15, -0.1) is 0 Å². The van der Waals surface area contributed by atoms with Crippen molar-refractivity contribution in [2.75, 3.05) is 20.3 Å². The van der Waals surface area contributed by atoms with Gasteiger partial charge in [0.25, 0.3) is 0 Å². The number of alkyl halides is 3. The molecule has 0 bridgehead atoms. The molecule has 0 saturated carbocycles. The van der Waals surface area contributed by atoms with Crippen molar-refractivity contribution in [1.29, 1.82) is 0 Å². The van der Waals surface area contributed by atoms with Crippen LogP contribution in [0, 0.1) is 0 Å². The number of hydrogen-bond donors (Lipinski definition) is 2. The van der Waals surface area contributed by atoms with E-state index in [9.17, 15) is 18.3 Å². The number of hydrogen-bond acceptors (Lipinski definition) is 4. The smallest absolute Gasteiger partial charge is 0.390 e. The highest BCUT2D eigenvalue weighted by Gasteiger charge is 2.29. The fraction of sp³-hybridized carbons (Fsp3) is 0.571. The minimum absolute atomic E-state index is 0.00192. The van der Waals surface area contributed by atoms with Crippen LogP contribution in [0.15, 0.2) is 24.3 Å². The van der Waals surface area contributed by atoms with Crippen LogP contribution in [0.2, 0.25) is 0 Å². The quantitative estimate of drug-likeness (QED) is 0.774. The Morgan fingerprint density at radius 2 is 1.76 bits per heavy atom. The summed E-state index contributed by atoms with van der Waals surface area (Å²) in [5.74, 6) is 1.24. The fourth-order valence-corrected chi connectivity index (χ4v) is 1.68. The average Bonchev–Trinajstić information content (AvgIpc) is 2.41. The second-order valence-electron chi connectivity index (χ2n) is 4.77. The van der Waals surface area contributed by atoms with Crippen LogP contribution < -0.4 is 14.8 Å². The minimum atomic E-state index is -4.21. The van der Waals surface area contributed by atoms with E-state index >= 15 is 0 Å². The molecule has 0 amide bonds. The van der Waals surface area contributed by atoms with E-state index in [1.54, 1.807) is 31.4 Å². The lowest BCUT2D eigenvalue weighted by molar-refractivity contribution is -0.139. The van der Waals surface area contributed by atoms with Gasteiger partial charge >= 0.3 is 6.18 Å². The molecule has 1 aromatic rings. The lowest BCUT2D eigenvalue weighted by atomic mass is 10.2. The maximum Gasteiger partial charge on any atom is 0.390 e. The maximum atomic E-state index is 12.1. The molecule has 7 heteroatoms. The molecule has 2 unspecified atom stereocenters. The Kier molecular flexibility index (Phi) is 6.77. The van der Waals surface area contributed by atoms with E-state index < -0.39 is 24.7 Å². The van der Waals surface area contributed by atoms with Gasteiger partial charge in [-0.3, -0.25) is 0 Å². The Labute approximate surface area is 121 Å². The van der Waals surface area contributed by atoms with Crippen molar-refractivity contribution < 1.29 is 27.8 Å². The molecule has 0 saturated heterocycles. The molecule has 2 N–H and O–H groups in total. The first-order chi connectivity index (χ1) is 9.80. The van der Waals surface area contributed by atoms with Crippen LogP contribution in [0.1, 0.15) is 13.3 Å². The normalized spacial score (nSPS) is 14.6. The Morgan fingerprint density at radius 1 is 1.19 bits per heavy atom. The van der Waals surface area contributed by atoms with Crippen molar-refractivity contribution in [3.05, 3.63) is 24.3 Å². The Bertz CT molecular complexity index is 409. The van der Waals surface area contributed by atoms with Crippen LogP contribution in [-0.2, 0) is 0 Å². The summed E-state index contributed by atoms with van der Waals surface area (Å²) in [5.41, 5.74) is 0. The Morgan fingerprint density at radius 3 is 2.29 bits per heavy atom. The number of methoxy groups -OCH3 is 1. The van der Waals surface area contributed by atoms with Gasteiger partial charge in [0, 0.05) is 12.6 Å². The molecule has 0 heterocycles. The van der Waals surface area contributed by atoms with Gasteiger partial charge < -0.3 is 19.9 Å². The van der Waals surface area contributed by atoms with Gasteiger partial charge in [-0.05, 0) is 31.2 Å². The van der Waals surface area contributed by atoms with Crippen LogP contribution in [-0.4, -0.2) is 43.7 Å². The molecule has 1 rings (SSSR count). The van der Waals surface area contributed by atoms with Crippen LogP contribution in [0.3, 0.4) is 0 Å². The molecule has 0 aliphatic rings. The highest BCUT2D eigenvalue weighted by atomic mass is 19.4. The van der Waals surface area contributed by atoms with Crippen molar-refractivity contribution in [1.82, 2.24) is 5.32 Å². The summed E-state index contributed by atoms with van der Waals surface area (Å²) in [7, 11) is 1.55. The SMILES string of the molecule is COc1ccc(OCC(O)CNC(C)CC(F)(F)F)cc1. The third-order valence-electron chi connectivity index (χ3n) is 2.74. The summed E-state index contributed by atoms with van der Waals surface area (Å²) >= 11 is 0. The highest BCUT2D eigenvalue weighted by Crippen LogP contribution is 2.21. The Balaban J connectivity index is 2.25. The highest BCUT2D eigenvalue weighted by molar-refractivity contribution is 5.31. The number of nitrogens with one attached hydrogen (secondary N) is 1. The van der Waals surface area contributed by atoms with Gasteiger partial charge in [0.1, 0.15) is 24.2 Å². The van der Waals surface area contributed by atoms with Crippen molar-refractivity contribution in [2.45, 2.75) is 31.7 Å². The summed E-state index contributed by atoms with van der Waals surface area (Å²) in [6.45, 7) is 1.45. The van der Waals surface area contributed by atoms with Gasteiger partial charge in [-0.2, -0.15) is 13.2 Å². The van der Waals surface area contributed by atoms with Crippen molar-refractivity contribution in [2.24, 2.45) is 0 Å². The zero-order valence-corrected chi connectivity index (χ0v) is 12.0. The molecule has 4 nitrogen and oxygen atoms in total. The minimum Gasteiger partial charge on any atom is -0.497 e. The number of aliphatic hydroxyl groups is 1. The third-order valence-corrected chi connectivity index (χ3v) is 2.74. The molecule has 0 aromatic heterocycles. The topological polar surface area (TPSA) is 50.7 Å². The molecule has 0 fully saturated rings. The fourth-order valence-electron chi connectivity index (χ4n) is 1.68. The van der Waals surface area contributed by atoms with Crippen molar-refractivity contribution >= 4 is 0 Å². The predicted molar refractivity (Wildman–Crippen MR) is 72.6 cm³/mol. The van der Waals surface area contributed by atoms with E-state index in [0.717, 1.165) is 0 Å². The molecule has 0 radical (unpaired) electrons. The maximum absolute atomic E-state index is 12.1. The Hall–Kier alpha value is -1.47. The van der Waals surface area contributed by atoms with Gasteiger partial charge in [-0.1, -0.05) is 0 Å². The number of ether oxygens (including phenoxy) is 2. The van der Waals surface area contributed by atoms with E-state index in [0.29, 0.717) is 11.5 Å². The zero-order chi connectivity index (χ0) is 15.9. The summed E-state index contributed by atoms with van der Waals surface area (Å²) in [6.07, 6.45) is -6.03. The van der Waals surface area contributed by atoms with E-state index in [4.69, 9.17) is 9.47 Å². The molecule has 120 valence electrons. The van der Waals surface area contributed by atoms with Crippen molar-refractivity contribution in [3.63, 3.8) is 0 Å². The van der Waals surface area contributed by atoms with E-state index in [1.165, 1.54) is 6.92 Å². The second kappa shape index (κ2) is 8.09. The predicted octanol–water partition coefficient (Wildman–Crippen LogP) is 2.37. The van der Waals surface area contributed by atoms with Gasteiger partial charge in [-0.25, -0.2) is 0 Å². The van der Waals surface area contributed by atoms with E-state index in [2.05, 4.69) is 5.32 Å². The monoisotopic (exact) mass is 307 g/mol. The number of rotatable bonds is 8. The lowest BCUT2D eigenvalue weighted by Gasteiger charge is -2.18. The molecule has 1 aromatic carbocycles. The lowest BCUT2D eigenvalue weighted by Crippen LogP contribution is -2.38. The second-order valence-corrected chi connectivity index (χ2v) is 4.77. The summed E-state index contributed by atoms with van der Waals surface area (Å²) in [5, 5.41) is 12.3. The van der Waals surface area contributed by atoms with Gasteiger partial charge in [0.15, 0.2) is 0 Å². The molecular weight excluding hydrogens is 287 g/mol. The number of aliphatic hydroxyl groups excluding tert-OH is 1. The van der Waals surface area contributed by atoms with Gasteiger partial charge in [0.2, 0.25) is 0 Å². The zero-order valence-electron chi connectivity index (χ0n) is 12.0. The molecular formula is C14H20F3NO3. The average molecular weight is 307 g/mol. The summed E-state index contributed by atoms with van der Waals surface area (Å²) in [6, 6.07) is 6.05. The third kappa shape index (κ3) is 7.77. The van der Waals surface area contributed by atoms with Crippen LogP contribution in [0.25, 0.3) is 0 Å². The van der Waals surface area contributed by atoms with Gasteiger partial charge in [0.05, 0.1) is 13.5 Å². The first-order valence-electron chi connectivity index (χ1n) is 6.55. The van der Waals surface area contributed by atoms with E-state index in [1.807, 2.05) is 0 Å². The first-order valence-corrected chi connectivity index (χ1v) is 6.55. The van der Waals surface area contributed by atoms with Crippen LogP contribution in [0.4, 0.5) is 13.2 Å².